The first-order chi connectivity index (χ1) is 10.2. The number of nitrogens with one attached hydrogen (secondary N) is 1. The Hall–Kier alpha value is -1.36. The first-order valence-electron chi connectivity index (χ1n) is 6.88. The van der Waals surface area contributed by atoms with E-state index in [1.807, 2.05) is 18.2 Å². The maximum absolute atomic E-state index is 5.85. The minimum atomic E-state index is 0.462. The van der Waals surface area contributed by atoms with Gasteiger partial charge in [0.2, 0.25) is 0 Å². The highest BCUT2D eigenvalue weighted by Gasteiger charge is 2.08. The lowest BCUT2D eigenvalue weighted by molar-refractivity contribution is 0.199. The lowest BCUT2D eigenvalue weighted by atomic mass is 10.0. The molecule has 0 spiro atoms. The summed E-state index contributed by atoms with van der Waals surface area (Å²) in [5, 5.41) is 5.81. The van der Waals surface area contributed by atoms with Gasteiger partial charge in [0.05, 0.1) is 6.61 Å². The lowest BCUT2D eigenvalue weighted by Gasteiger charge is -2.15. The maximum Gasteiger partial charge on any atom is 0.124 e. The summed E-state index contributed by atoms with van der Waals surface area (Å²) in [5.74, 6) is 0.888. The molecule has 2 rings (SSSR count). The van der Waals surface area contributed by atoms with Gasteiger partial charge >= 0.3 is 0 Å². The predicted molar refractivity (Wildman–Crippen MR) is 91.1 cm³/mol. The fraction of sp³-hybridized carbons (Fsp3) is 0.294. The van der Waals surface area contributed by atoms with Crippen molar-refractivity contribution in [3.8, 4) is 5.75 Å². The smallest absolute Gasteiger partial charge is 0.124 e. The van der Waals surface area contributed by atoms with Crippen LogP contribution in [-0.2, 0) is 11.3 Å². The quantitative estimate of drug-likeness (QED) is 0.734. The first-order valence-corrected chi connectivity index (χ1v) is 7.68. The third-order valence-electron chi connectivity index (χ3n) is 3.17. The highest BCUT2D eigenvalue weighted by Crippen LogP contribution is 2.28. The van der Waals surface area contributed by atoms with Gasteiger partial charge in [0.25, 0.3) is 0 Å². The zero-order valence-corrected chi connectivity index (χ0v) is 13.8. The van der Waals surface area contributed by atoms with Gasteiger partial charge in [-0.2, -0.15) is 0 Å². The molecule has 0 fully saturated rings. The highest BCUT2D eigenvalue weighted by atomic mass is 79.9. The zero-order chi connectivity index (χ0) is 15.1. The monoisotopic (exact) mass is 349 g/mol. The summed E-state index contributed by atoms with van der Waals surface area (Å²) in [7, 11) is 1.70. The van der Waals surface area contributed by atoms with E-state index in [-0.39, 0.29) is 0 Å². The van der Waals surface area contributed by atoms with Crippen LogP contribution >= 0.6 is 15.9 Å². The van der Waals surface area contributed by atoms with Crippen molar-refractivity contribution in [2.75, 3.05) is 26.9 Å². The topological polar surface area (TPSA) is 30.5 Å². The highest BCUT2D eigenvalue weighted by molar-refractivity contribution is 9.11. The van der Waals surface area contributed by atoms with Crippen molar-refractivity contribution in [3.05, 3.63) is 53.0 Å². The van der Waals surface area contributed by atoms with E-state index >= 15 is 0 Å². The molecule has 0 atom stereocenters. The van der Waals surface area contributed by atoms with Crippen LogP contribution in [0.3, 0.4) is 0 Å². The Morgan fingerprint density at radius 3 is 2.81 bits per heavy atom. The number of hydrogen-bond acceptors (Lipinski definition) is 3. The molecule has 0 saturated heterocycles. The Bertz CT molecular complexity index is 613. The standard InChI is InChI=1S/C17H20BrNO2/c1-13(18)12-21-17-8-7-14-5-3-4-6-15(14)16(17)11-19-9-10-20-2/h3-8,19H,1,9-12H2,2H3. The second-order valence-electron chi connectivity index (χ2n) is 4.74. The Balaban J connectivity index is 2.25. The summed E-state index contributed by atoms with van der Waals surface area (Å²) in [6, 6.07) is 12.4. The molecule has 112 valence electrons. The summed E-state index contributed by atoms with van der Waals surface area (Å²) in [6.45, 7) is 6.52. The van der Waals surface area contributed by atoms with Crippen molar-refractivity contribution < 1.29 is 9.47 Å². The van der Waals surface area contributed by atoms with Crippen LogP contribution < -0.4 is 10.1 Å². The molecule has 0 aromatic heterocycles. The molecule has 0 heterocycles. The maximum atomic E-state index is 5.85. The molecule has 2 aromatic rings. The number of hydrogen-bond donors (Lipinski definition) is 1. The third-order valence-corrected chi connectivity index (χ3v) is 3.40. The minimum Gasteiger partial charge on any atom is -0.488 e. The van der Waals surface area contributed by atoms with Crippen molar-refractivity contribution in [3.63, 3.8) is 0 Å². The fourth-order valence-corrected chi connectivity index (χ4v) is 2.29. The van der Waals surface area contributed by atoms with E-state index < -0.39 is 0 Å². The number of fused-ring (bicyclic) bond motifs is 1. The Morgan fingerprint density at radius 2 is 2.05 bits per heavy atom. The van der Waals surface area contributed by atoms with E-state index in [0.717, 1.165) is 28.9 Å². The van der Waals surface area contributed by atoms with Crippen molar-refractivity contribution in [1.29, 1.82) is 0 Å². The van der Waals surface area contributed by atoms with E-state index in [0.29, 0.717) is 13.2 Å². The molecule has 0 unspecified atom stereocenters. The van der Waals surface area contributed by atoms with E-state index in [9.17, 15) is 0 Å². The van der Waals surface area contributed by atoms with Gasteiger partial charge in [-0.1, -0.05) is 52.8 Å². The second kappa shape index (κ2) is 8.17. The largest absolute Gasteiger partial charge is 0.488 e. The van der Waals surface area contributed by atoms with Gasteiger partial charge in [-0.25, -0.2) is 0 Å². The van der Waals surface area contributed by atoms with E-state index in [2.05, 4.69) is 46.0 Å². The van der Waals surface area contributed by atoms with Crippen molar-refractivity contribution >= 4 is 26.7 Å². The molecular weight excluding hydrogens is 330 g/mol. The number of ether oxygens (including phenoxy) is 2. The first kappa shape index (κ1) is 16.0. The molecule has 3 nitrogen and oxygen atoms in total. The minimum absolute atomic E-state index is 0.462. The number of rotatable bonds is 8. The van der Waals surface area contributed by atoms with Crippen molar-refractivity contribution in [2.45, 2.75) is 6.54 Å². The molecule has 0 aliphatic heterocycles. The molecule has 0 radical (unpaired) electrons. The zero-order valence-electron chi connectivity index (χ0n) is 12.2. The van der Waals surface area contributed by atoms with Crippen LogP contribution in [0.5, 0.6) is 5.75 Å². The number of halogens is 1. The average molecular weight is 350 g/mol. The molecule has 4 heteroatoms. The van der Waals surface area contributed by atoms with Crippen LogP contribution in [0.2, 0.25) is 0 Å². The SMILES string of the molecule is C=C(Br)COc1ccc2ccccc2c1CNCCOC. The van der Waals surface area contributed by atoms with Crippen molar-refractivity contribution in [1.82, 2.24) is 5.32 Å². The molecule has 1 N–H and O–H groups in total. The lowest BCUT2D eigenvalue weighted by Crippen LogP contribution is -2.19. The Morgan fingerprint density at radius 1 is 1.24 bits per heavy atom. The molecule has 0 amide bonds. The van der Waals surface area contributed by atoms with Gasteiger partial charge in [0, 0.05) is 30.2 Å². The fourth-order valence-electron chi connectivity index (χ4n) is 2.18. The summed E-state index contributed by atoms with van der Waals surface area (Å²) in [4.78, 5) is 0. The van der Waals surface area contributed by atoms with E-state index in [1.54, 1.807) is 7.11 Å². The van der Waals surface area contributed by atoms with Crippen LogP contribution in [0.25, 0.3) is 10.8 Å². The summed E-state index contributed by atoms with van der Waals surface area (Å²) >= 11 is 3.33. The van der Waals surface area contributed by atoms with Crippen LogP contribution in [0.15, 0.2) is 47.5 Å². The van der Waals surface area contributed by atoms with E-state index in [1.165, 1.54) is 10.8 Å². The second-order valence-corrected chi connectivity index (χ2v) is 5.86. The van der Waals surface area contributed by atoms with Crippen LogP contribution in [0.4, 0.5) is 0 Å². The van der Waals surface area contributed by atoms with Crippen LogP contribution in [0.1, 0.15) is 5.56 Å². The summed E-state index contributed by atoms with van der Waals surface area (Å²) in [5.41, 5.74) is 1.16. The predicted octanol–water partition coefficient (Wildman–Crippen LogP) is 3.86. The van der Waals surface area contributed by atoms with Gasteiger partial charge in [0.1, 0.15) is 12.4 Å². The van der Waals surface area contributed by atoms with Gasteiger partial charge in [0.15, 0.2) is 0 Å². The van der Waals surface area contributed by atoms with Gasteiger partial charge in [-0.05, 0) is 16.8 Å². The average Bonchev–Trinajstić information content (AvgIpc) is 2.50. The molecule has 2 aromatic carbocycles. The van der Waals surface area contributed by atoms with Gasteiger partial charge < -0.3 is 14.8 Å². The number of benzene rings is 2. The molecule has 0 aliphatic rings. The Labute approximate surface area is 134 Å². The molecule has 0 saturated carbocycles. The third kappa shape index (κ3) is 4.56. The van der Waals surface area contributed by atoms with Crippen molar-refractivity contribution in [2.24, 2.45) is 0 Å². The molecule has 0 bridgehead atoms. The molecule has 0 aliphatic carbocycles. The molecular formula is C17H20BrNO2. The number of methoxy groups -OCH3 is 1. The summed E-state index contributed by atoms with van der Waals surface area (Å²) in [6.07, 6.45) is 0. The normalized spacial score (nSPS) is 10.8. The van der Waals surface area contributed by atoms with Crippen LogP contribution in [-0.4, -0.2) is 26.9 Å². The Kier molecular flexibility index (Phi) is 6.23. The molecule has 21 heavy (non-hydrogen) atoms. The summed E-state index contributed by atoms with van der Waals surface area (Å²) < 4.78 is 11.7. The van der Waals surface area contributed by atoms with Gasteiger partial charge in [-0.15, -0.1) is 0 Å². The van der Waals surface area contributed by atoms with Gasteiger partial charge in [-0.3, -0.25) is 0 Å². The van der Waals surface area contributed by atoms with E-state index in [4.69, 9.17) is 9.47 Å². The van der Waals surface area contributed by atoms with Crippen LogP contribution in [0, 0.1) is 0 Å².